The molecular weight excluding hydrogens is 396 g/mol. The smallest absolute Gasteiger partial charge is 0.344 e. The van der Waals surface area contributed by atoms with Crippen LogP contribution < -0.4 is 4.72 Å². The quantitative estimate of drug-likeness (QED) is 0.466. The zero-order valence-corrected chi connectivity index (χ0v) is 16.5. The maximum Gasteiger partial charge on any atom is 0.344 e. The van der Waals surface area contributed by atoms with E-state index in [4.69, 9.17) is 9.26 Å². The van der Waals surface area contributed by atoms with Crippen LogP contribution in [0.1, 0.15) is 26.5 Å². The lowest BCUT2D eigenvalue weighted by Crippen LogP contribution is -2.15. The topological polar surface area (TPSA) is 116 Å². The number of nitrogens with one attached hydrogen (secondary N) is 1. The lowest BCUT2D eigenvalue weighted by molar-refractivity contribution is 0.0473. The van der Waals surface area contributed by atoms with Gasteiger partial charge in [0.05, 0.1) is 6.26 Å². The molecule has 0 bridgehead atoms. The van der Waals surface area contributed by atoms with Crippen LogP contribution in [0.15, 0.2) is 59.1 Å². The van der Waals surface area contributed by atoms with E-state index in [2.05, 4.69) is 9.88 Å². The molecule has 0 aliphatic carbocycles. The fourth-order valence-corrected chi connectivity index (χ4v) is 3.19. The largest absolute Gasteiger partial charge is 0.454 e. The molecule has 2 aromatic carbocycles. The second-order valence-corrected chi connectivity index (χ2v) is 8.03. The molecule has 3 aromatic rings. The van der Waals surface area contributed by atoms with Crippen LogP contribution in [0, 0.1) is 6.92 Å². The predicted octanol–water partition coefficient (Wildman–Crippen LogP) is 3.06. The minimum Gasteiger partial charge on any atom is -0.454 e. The molecule has 0 spiro atoms. The number of carbonyl (C=O) groups excluding carboxylic acids is 2. The van der Waals surface area contributed by atoms with E-state index in [9.17, 15) is 18.0 Å². The molecule has 8 nitrogen and oxygen atoms in total. The van der Waals surface area contributed by atoms with Gasteiger partial charge in [-0.25, -0.2) is 13.2 Å². The Bertz CT molecular complexity index is 1140. The highest BCUT2D eigenvalue weighted by molar-refractivity contribution is 7.92. The van der Waals surface area contributed by atoms with Gasteiger partial charge in [-0.05, 0) is 31.2 Å². The molecule has 1 heterocycles. The standard InChI is InChI=1S/C20H18N2O6S/c1-13-18(19(21-28-13)15-6-4-3-5-7-15)20(24)27-12-17(23)14-8-10-16(11-9-14)22-29(2,25)26/h3-11,22H,12H2,1-2H3. The summed E-state index contributed by atoms with van der Waals surface area (Å²) in [5.41, 5.74) is 1.81. The first-order valence-corrected chi connectivity index (χ1v) is 10.4. The Balaban J connectivity index is 1.68. The van der Waals surface area contributed by atoms with Crippen LogP contribution >= 0.6 is 0 Å². The van der Waals surface area contributed by atoms with Gasteiger partial charge in [0.2, 0.25) is 10.0 Å². The predicted molar refractivity (Wildman–Crippen MR) is 106 cm³/mol. The van der Waals surface area contributed by atoms with Gasteiger partial charge in [-0.15, -0.1) is 0 Å². The number of anilines is 1. The Kier molecular flexibility index (Phi) is 5.79. The van der Waals surface area contributed by atoms with E-state index >= 15 is 0 Å². The third kappa shape index (κ3) is 5.08. The van der Waals surface area contributed by atoms with Crippen molar-refractivity contribution >= 4 is 27.5 Å². The van der Waals surface area contributed by atoms with Crippen LogP contribution in [0.4, 0.5) is 5.69 Å². The minimum atomic E-state index is -3.41. The summed E-state index contributed by atoms with van der Waals surface area (Å²) < 4.78 is 35.0. The number of esters is 1. The number of benzene rings is 2. The molecule has 0 unspecified atom stereocenters. The molecule has 0 radical (unpaired) electrons. The third-order valence-electron chi connectivity index (χ3n) is 3.96. The van der Waals surface area contributed by atoms with Crippen molar-refractivity contribution in [3.63, 3.8) is 0 Å². The van der Waals surface area contributed by atoms with Crippen LogP contribution in [0.3, 0.4) is 0 Å². The number of aryl methyl sites for hydroxylation is 1. The van der Waals surface area contributed by atoms with Gasteiger partial charge in [-0.1, -0.05) is 35.5 Å². The Morgan fingerprint density at radius 2 is 1.72 bits per heavy atom. The van der Waals surface area contributed by atoms with E-state index in [-0.39, 0.29) is 16.9 Å². The van der Waals surface area contributed by atoms with Crippen molar-refractivity contribution in [1.82, 2.24) is 5.16 Å². The van der Waals surface area contributed by atoms with Gasteiger partial charge in [0.15, 0.2) is 12.4 Å². The van der Waals surface area contributed by atoms with E-state index in [0.717, 1.165) is 6.26 Å². The van der Waals surface area contributed by atoms with Gasteiger partial charge < -0.3 is 9.26 Å². The van der Waals surface area contributed by atoms with Crippen LogP contribution in [0.2, 0.25) is 0 Å². The second kappa shape index (κ2) is 8.27. The first-order valence-electron chi connectivity index (χ1n) is 8.54. The van der Waals surface area contributed by atoms with Crippen molar-refractivity contribution < 1.29 is 27.3 Å². The first-order chi connectivity index (χ1) is 13.7. The first kappa shape index (κ1) is 20.3. The Morgan fingerprint density at radius 1 is 1.07 bits per heavy atom. The number of hydrogen-bond acceptors (Lipinski definition) is 7. The fourth-order valence-electron chi connectivity index (χ4n) is 2.63. The van der Waals surface area contributed by atoms with Gasteiger partial charge in [0.25, 0.3) is 0 Å². The molecule has 0 saturated heterocycles. The molecule has 29 heavy (non-hydrogen) atoms. The van der Waals surface area contributed by atoms with E-state index in [1.807, 2.05) is 6.07 Å². The van der Waals surface area contributed by atoms with Crippen LogP contribution in [0.5, 0.6) is 0 Å². The molecule has 0 fully saturated rings. The van der Waals surface area contributed by atoms with Gasteiger partial charge in [0, 0.05) is 16.8 Å². The van der Waals surface area contributed by atoms with E-state index in [1.54, 1.807) is 31.2 Å². The molecule has 0 aliphatic rings. The summed E-state index contributed by atoms with van der Waals surface area (Å²) >= 11 is 0. The summed E-state index contributed by atoms with van der Waals surface area (Å²) in [5.74, 6) is -0.858. The number of carbonyl (C=O) groups is 2. The lowest BCUT2D eigenvalue weighted by Gasteiger charge is -2.07. The second-order valence-electron chi connectivity index (χ2n) is 6.28. The molecule has 1 N–H and O–H groups in total. The number of rotatable bonds is 7. The fraction of sp³-hybridized carbons (Fsp3) is 0.150. The number of hydrogen-bond donors (Lipinski definition) is 1. The summed E-state index contributed by atoms with van der Waals surface area (Å²) in [6.07, 6.45) is 1.03. The van der Waals surface area contributed by atoms with Crippen molar-refractivity contribution in [3.8, 4) is 11.3 Å². The maximum atomic E-state index is 12.5. The maximum absolute atomic E-state index is 12.5. The number of ether oxygens (including phenoxy) is 1. The van der Waals surface area contributed by atoms with Crippen molar-refractivity contribution in [1.29, 1.82) is 0 Å². The monoisotopic (exact) mass is 414 g/mol. The number of ketones is 1. The summed E-state index contributed by atoms with van der Waals surface area (Å²) in [4.78, 5) is 24.8. The van der Waals surface area contributed by atoms with Gasteiger partial charge >= 0.3 is 5.97 Å². The lowest BCUT2D eigenvalue weighted by atomic mass is 10.1. The number of sulfonamides is 1. The molecular formula is C20H18N2O6S. The van der Waals surface area contributed by atoms with Gasteiger partial charge in [-0.3, -0.25) is 9.52 Å². The molecule has 0 amide bonds. The minimum absolute atomic E-state index is 0.164. The summed E-state index contributed by atoms with van der Waals surface area (Å²) in [6.45, 7) is 1.11. The van der Waals surface area contributed by atoms with Gasteiger partial charge in [0.1, 0.15) is 17.0 Å². The molecule has 3 rings (SSSR count). The van der Waals surface area contributed by atoms with Crippen molar-refractivity contribution in [2.75, 3.05) is 17.6 Å². The Labute approximate surface area is 167 Å². The van der Waals surface area contributed by atoms with Crippen LogP contribution in [-0.2, 0) is 14.8 Å². The SMILES string of the molecule is Cc1onc(-c2ccccc2)c1C(=O)OCC(=O)c1ccc(NS(C)(=O)=O)cc1. The van der Waals surface area contributed by atoms with Crippen LogP contribution in [-0.4, -0.2) is 38.2 Å². The molecule has 9 heteroatoms. The van der Waals surface area contributed by atoms with Crippen molar-refractivity contribution in [3.05, 3.63) is 71.5 Å². The van der Waals surface area contributed by atoms with Crippen molar-refractivity contribution in [2.24, 2.45) is 0 Å². The number of nitrogens with zero attached hydrogens (tertiary/aromatic N) is 1. The molecule has 1 aromatic heterocycles. The van der Waals surface area contributed by atoms with Crippen LogP contribution in [0.25, 0.3) is 11.3 Å². The Morgan fingerprint density at radius 3 is 2.34 bits per heavy atom. The molecule has 0 aliphatic heterocycles. The highest BCUT2D eigenvalue weighted by atomic mass is 32.2. The molecule has 0 atom stereocenters. The van der Waals surface area contributed by atoms with E-state index in [0.29, 0.717) is 16.9 Å². The summed E-state index contributed by atoms with van der Waals surface area (Å²) in [6, 6.07) is 14.8. The highest BCUT2D eigenvalue weighted by Gasteiger charge is 2.23. The highest BCUT2D eigenvalue weighted by Crippen LogP contribution is 2.25. The average molecular weight is 414 g/mol. The summed E-state index contributed by atoms with van der Waals surface area (Å²) in [5, 5.41) is 3.91. The summed E-state index contributed by atoms with van der Waals surface area (Å²) in [7, 11) is -3.41. The van der Waals surface area contributed by atoms with Gasteiger partial charge in [-0.2, -0.15) is 0 Å². The van der Waals surface area contributed by atoms with E-state index in [1.165, 1.54) is 24.3 Å². The van der Waals surface area contributed by atoms with Crippen molar-refractivity contribution in [2.45, 2.75) is 6.92 Å². The third-order valence-corrected chi connectivity index (χ3v) is 4.57. The molecule has 150 valence electrons. The zero-order valence-electron chi connectivity index (χ0n) is 15.7. The normalized spacial score (nSPS) is 11.1. The average Bonchev–Trinajstić information content (AvgIpc) is 3.07. The number of aromatic nitrogens is 1. The zero-order chi connectivity index (χ0) is 21.0. The van der Waals surface area contributed by atoms with E-state index < -0.39 is 28.4 Å². The Hall–Kier alpha value is -3.46. The number of Topliss-reactive ketones (excluding diaryl/α,β-unsaturated/α-hetero) is 1. The molecule has 0 saturated carbocycles.